The van der Waals surface area contributed by atoms with Crippen LogP contribution in [0.4, 0.5) is 4.39 Å². The van der Waals surface area contributed by atoms with Crippen LogP contribution in [0.3, 0.4) is 0 Å². The van der Waals surface area contributed by atoms with Crippen LogP contribution in [-0.4, -0.2) is 35.1 Å². The Bertz CT molecular complexity index is 614. The minimum atomic E-state index is -0.590. The zero-order chi connectivity index (χ0) is 14.0. The summed E-state index contributed by atoms with van der Waals surface area (Å²) in [7, 11) is 3.14. The molecule has 4 nitrogen and oxygen atoms in total. The second-order valence-electron chi connectivity index (χ2n) is 4.14. The predicted molar refractivity (Wildman–Crippen MR) is 70.5 cm³/mol. The van der Waals surface area contributed by atoms with E-state index < -0.39 is 5.82 Å². The van der Waals surface area contributed by atoms with Crippen molar-refractivity contribution in [2.24, 2.45) is 0 Å². The van der Waals surface area contributed by atoms with Crippen molar-refractivity contribution in [3.05, 3.63) is 46.9 Å². The molecule has 0 spiro atoms. The smallest absolute Gasteiger partial charge is 0.256 e. The summed E-state index contributed by atoms with van der Waals surface area (Å²) in [6.45, 7) is 0. The summed E-state index contributed by atoms with van der Waals surface area (Å²) in [5, 5.41) is 7.81. The Balaban J connectivity index is 2.39. The van der Waals surface area contributed by atoms with Gasteiger partial charge in [-0.1, -0.05) is 17.7 Å². The van der Waals surface area contributed by atoms with E-state index in [-0.39, 0.29) is 16.6 Å². The molecular formula is C13H11ClFN3O. The first kappa shape index (κ1) is 13.4. The van der Waals surface area contributed by atoms with Gasteiger partial charge in [0.25, 0.3) is 5.91 Å². The monoisotopic (exact) mass is 279 g/mol. The van der Waals surface area contributed by atoms with Crippen molar-refractivity contribution in [3.63, 3.8) is 0 Å². The molecule has 0 aliphatic heterocycles. The quantitative estimate of drug-likeness (QED) is 0.849. The van der Waals surface area contributed by atoms with Crippen LogP contribution in [-0.2, 0) is 0 Å². The Morgan fingerprint density at radius 3 is 2.47 bits per heavy atom. The largest absolute Gasteiger partial charge is 0.345 e. The van der Waals surface area contributed by atoms with Crippen LogP contribution < -0.4 is 0 Å². The highest BCUT2D eigenvalue weighted by atomic mass is 35.5. The lowest BCUT2D eigenvalue weighted by Crippen LogP contribution is -2.22. The van der Waals surface area contributed by atoms with Crippen LogP contribution in [0.2, 0.25) is 5.15 Å². The van der Waals surface area contributed by atoms with Crippen LogP contribution in [0.1, 0.15) is 10.4 Å². The van der Waals surface area contributed by atoms with Crippen molar-refractivity contribution in [1.82, 2.24) is 15.1 Å². The average molecular weight is 280 g/mol. The van der Waals surface area contributed by atoms with E-state index in [1.807, 2.05) is 0 Å². The second-order valence-corrected chi connectivity index (χ2v) is 4.52. The molecule has 6 heteroatoms. The van der Waals surface area contributed by atoms with Gasteiger partial charge in [0, 0.05) is 19.7 Å². The van der Waals surface area contributed by atoms with Crippen molar-refractivity contribution >= 4 is 17.5 Å². The molecular weight excluding hydrogens is 269 g/mol. The van der Waals surface area contributed by atoms with Crippen LogP contribution in [0.15, 0.2) is 30.3 Å². The number of carbonyl (C=O) groups is 1. The Hall–Kier alpha value is -2.01. The van der Waals surface area contributed by atoms with E-state index >= 15 is 0 Å². The molecule has 0 fully saturated rings. The molecule has 2 aromatic rings. The maximum atomic E-state index is 13.9. The number of hydrogen-bond donors (Lipinski definition) is 0. The molecule has 0 unspecified atom stereocenters. The summed E-state index contributed by atoms with van der Waals surface area (Å²) in [6, 6.07) is 7.52. The lowest BCUT2D eigenvalue weighted by atomic mass is 10.1. The third-order valence-electron chi connectivity index (χ3n) is 2.53. The van der Waals surface area contributed by atoms with Crippen molar-refractivity contribution in [1.29, 1.82) is 0 Å². The van der Waals surface area contributed by atoms with Gasteiger partial charge in [0.1, 0.15) is 5.82 Å². The van der Waals surface area contributed by atoms with E-state index in [2.05, 4.69) is 10.2 Å². The first-order valence-corrected chi connectivity index (χ1v) is 5.87. The lowest BCUT2D eigenvalue weighted by Gasteiger charge is -2.11. The van der Waals surface area contributed by atoms with Gasteiger partial charge in [-0.25, -0.2) is 4.39 Å². The van der Waals surface area contributed by atoms with Crippen molar-refractivity contribution in [2.75, 3.05) is 14.1 Å². The van der Waals surface area contributed by atoms with E-state index in [1.165, 1.54) is 17.0 Å². The summed E-state index contributed by atoms with van der Waals surface area (Å²) >= 11 is 5.63. The van der Waals surface area contributed by atoms with Crippen molar-refractivity contribution in [3.8, 4) is 11.3 Å². The molecule has 1 heterocycles. The van der Waals surface area contributed by atoms with E-state index in [9.17, 15) is 9.18 Å². The number of nitrogens with zero attached hydrogens (tertiary/aromatic N) is 3. The first-order valence-electron chi connectivity index (χ1n) is 5.50. The van der Waals surface area contributed by atoms with Crippen LogP contribution in [0, 0.1) is 5.82 Å². The molecule has 1 amide bonds. The van der Waals surface area contributed by atoms with Crippen LogP contribution in [0.25, 0.3) is 11.3 Å². The normalized spacial score (nSPS) is 10.3. The topological polar surface area (TPSA) is 46.1 Å². The van der Waals surface area contributed by atoms with Gasteiger partial charge in [0.15, 0.2) is 5.15 Å². The number of amides is 1. The SMILES string of the molecule is CN(C)C(=O)c1ccc(-c2ccc(Cl)nn2)cc1F. The zero-order valence-corrected chi connectivity index (χ0v) is 11.1. The molecule has 0 aliphatic carbocycles. The summed E-state index contributed by atoms with van der Waals surface area (Å²) < 4.78 is 13.9. The number of carbonyl (C=O) groups excluding carboxylic acids is 1. The third kappa shape index (κ3) is 2.88. The first-order chi connectivity index (χ1) is 8.99. The molecule has 0 bridgehead atoms. The summed E-state index contributed by atoms with van der Waals surface area (Å²) in [4.78, 5) is 13.0. The summed E-state index contributed by atoms with van der Waals surface area (Å²) in [5.74, 6) is -0.973. The van der Waals surface area contributed by atoms with Crippen LogP contribution in [0.5, 0.6) is 0 Å². The molecule has 1 aromatic heterocycles. The van der Waals surface area contributed by atoms with Gasteiger partial charge in [-0.15, -0.1) is 10.2 Å². The highest BCUT2D eigenvalue weighted by Crippen LogP contribution is 2.21. The maximum absolute atomic E-state index is 13.9. The third-order valence-corrected chi connectivity index (χ3v) is 2.74. The maximum Gasteiger partial charge on any atom is 0.256 e. The van der Waals surface area contributed by atoms with Gasteiger partial charge < -0.3 is 4.90 Å². The molecule has 0 saturated carbocycles. The Morgan fingerprint density at radius 1 is 1.21 bits per heavy atom. The van der Waals surface area contributed by atoms with Crippen molar-refractivity contribution in [2.45, 2.75) is 0 Å². The minimum absolute atomic E-state index is 0.0238. The van der Waals surface area contributed by atoms with E-state index in [0.717, 1.165) is 0 Å². The summed E-state index contributed by atoms with van der Waals surface area (Å²) in [6.07, 6.45) is 0. The molecule has 0 saturated heterocycles. The van der Waals surface area contributed by atoms with Gasteiger partial charge in [-0.2, -0.15) is 0 Å². The Kier molecular flexibility index (Phi) is 3.76. The standard InChI is InChI=1S/C13H11ClFN3O/c1-18(2)13(19)9-4-3-8(7-10(9)15)11-5-6-12(14)17-16-11/h3-7H,1-2H3. The number of benzene rings is 1. The molecule has 0 N–H and O–H groups in total. The van der Waals surface area contributed by atoms with Gasteiger partial charge >= 0.3 is 0 Å². The minimum Gasteiger partial charge on any atom is -0.345 e. The number of hydrogen-bond acceptors (Lipinski definition) is 3. The van der Waals surface area contributed by atoms with E-state index in [4.69, 9.17) is 11.6 Å². The van der Waals surface area contributed by atoms with E-state index in [1.54, 1.807) is 32.3 Å². The summed E-state index contributed by atoms with van der Waals surface area (Å²) in [5.41, 5.74) is 1.06. The Morgan fingerprint density at radius 2 is 1.95 bits per heavy atom. The highest BCUT2D eigenvalue weighted by molar-refractivity contribution is 6.29. The van der Waals surface area contributed by atoms with Gasteiger partial charge in [0.2, 0.25) is 0 Å². The average Bonchev–Trinajstić information content (AvgIpc) is 2.38. The molecule has 98 valence electrons. The molecule has 0 radical (unpaired) electrons. The number of halogens is 2. The fourth-order valence-corrected chi connectivity index (χ4v) is 1.66. The van der Waals surface area contributed by atoms with Gasteiger partial charge in [-0.3, -0.25) is 4.79 Å². The predicted octanol–water partition coefficient (Wildman–Crippen LogP) is 2.64. The molecule has 2 rings (SSSR count). The second kappa shape index (κ2) is 5.32. The molecule has 19 heavy (non-hydrogen) atoms. The molecule has 1 aromatic carbocycles. The Labute approximate surface area is 114 Å². The molecule has 0 aliphatic rings. The fraction of sp³-hybridized carbons (Fsp3) is 0.154. The van der Waals surface area contributed by atoms with Crippen molar-refractivity contribution < 1.29 is 9.18 Å². The zero-order valence-electron chi connectivity index (χ0n) is 10.4. The fourth-order valence-electron chi connectivity index (χ4n) is 1.56. The lowest BCUT2D eigenvalue weighted by molar-refractivity contribution is 0.0823. The number of rotatable bonds is 2. The number of aromatic nitrogens is 2. The highest BCUT2D eigenvalue weighted by Gasteiger charge is 2.14. The van der Waals surface area contributed by atoms with Gasteiger partial charge in [0.05, 0.1) is 11.3 Å². The van der Waals surface area contributed by atoms with Crippen LogP contribution >= 0.6 is 11.6 Å². The van der Waals surface area contributed by atoms with Gasteiger partial charge in [-0.05, 0) is 24.3 Å². The van der Waals surface area contributed by atoms with E-state index in [0.29, 0.717) is 11.3 Å². The molecule has 0 atom stereocenters.